The lowest BCUT2D eigenvalue weighted by Gasteiger charge is -2.26. The van der Waals surface area contributed by atoms with Crippen LogP contribution in [0.1, 0.15) is 24.4 Å². The molecule has 0 radical (unpaired) electrons. The predicted octanol–water partition coefficient (Wildman–Crippen LogP) is 1.69. The molecule has 0 aromatic heterocycles. The Morgan fingerprint density at radius 2 is 1.95 bits per heavy atom. The normalized spacial score (nSPS) is 17.4. The van der Waals surface area contributed by atoms with Crippen molar-refractivity contribution in [1.29, 1.82) is 0 Å². The van der Waals surface area contributed by atoms with Gasteiger partial charge in [0.05, 0.1) is 6.61 Å². The van der Waals surface area contributed by atoms with Crippen molar-refractivity contribution in [3.05, 3.63) is 34.3 Å². The smallest absolute Gasteiger partial charge is 0.242 e. The van der Waals surface area contributed by atoms with Gasteiger partial charge in [-0.05, 0) is 43.6 Å². The van der Waals surface area contributed by atoms with Crippen molar-refractivity contribution in [2.45, 2.75) is 18.9 Å². The van der Waals surface area contributed by atoms with Gasteiger partial charge in [-0.25, -0.2) is 0 Å². The summed E-state index contributed by atoms with van der Waals surface area (Å²) in [7, 11) is 0. The topological polar surface area (TPSA) is 52.6 Å². The minimum absolute atomic E-state index is 0.0290. The standard InChI is InChI=1S/C14H19BrN2O2/c15-12-5-3-11(4-6-12)13(14(19)16-7-10-18)17-8-1-2-9-17/h3-6,13,18H,1-2,7-10H2,(H,16,19). The van der Waals surface area contributed by atoms with Gasteiger partial charge in [-0.3, -0.25) is 9.69 Å². The molecule has 1 aliphatic rings. The number of carbonyl (C=O) groups is 1. The fourth-order valence-electron chi connectivity index (χ4n) is 2.45. The van der Waals surface area contributed by atoms with Gasteiger partial charge in [-0.2, -0.15) is 0 Å². The van der Waals surface area contributed by atoms with Crippen LogP contribution in [-0.2, 0) is 4.79 Å². The molecule has 4 nitrogen and oxygen atoms in total. The monoisotopic (exact) mass is 326 g/mol. The van der Waals surface area contributed by atoms with Crippen LogP contribution in [0, 0.1) is 0 Å². The number of aliphatic hydroxyl groups is 1. The van der Waals surface area contributed by atoms with Crippen LogP contribution < -0.4 is 5.32 Å². The molecular formula is C14H19BrN2O2. The molecular weight excluding hydrogens is 308 g/mol. The molecule has 1 fully saturated rings. The van der Waals surface area contributed by atoms with E-state index in [-0.39, 0.29) is 18.6 Å². The average Bonchev–Trinajstić information content (AvgIpc) is 2.93. The number of nitrogens with zero attached hydrogens (tertiary/aromatic N) is 1. The van der Waals surface area contributed by atoms with Gasteiger partial charge >= 0.3 is 0 Å². The van der Waals surface area contributed by atoms with E-state index in [0.29, 0.717) is 6.54 Å². The molecule has 0 bridgehead atoms. The predicted molar refractivity (Wildman–Crippen MR) is 77.8 cm³/mol. The molecule has 19 heavy (non-hydrogen) atoms. The Labute approximate surface area is 121 Å². The van der Waals surface area contributed by atoms with E-state index in [9.17, 15) is 4.79 Å². The van der Waals surface area contributed by atoms with Crippen LogP contribution in [0.3, 0.4) is 0 Å². The maximum absolute atomic E-state index is 12.3. The molecule has 1 atom stereocenters. The number of hydrogen-bond donors (Lipinski definition) is 2. The third kappa shape index (κ3) is 3.78. The molecule has 104 valence electrons. The van der Waals surface area contributed by atoms with Gasteiger partial charge in [-0.1, -0.05) is 28.1 Å². The van der Waals surface area contributed by atoms with Gasteiger partial charge in [0, 0.05) is 11.0 Å². The van der Waals surface area contributed by atoms with Crippen molar-refractivity contribution in [3.8, 4) is 0 Å². The van der Waals surface area contributed by atoms with Crippen LogP contribution in [0.4, 0.5) is 0 Å². The maximum atomic E-state index is 12.3. The summed E-state index contributed by atoms with van der Waals surface area (Å²) in [6.07, 6.45) is 2.28. The maximum Gasteiger partial charge on any atom is 0.242 e. The minimum Gasteiger partial charge on any atom is -0.395 e. The van der Waals surface area contributed by atoms with Crippen LogP contribution in [0.25, 0.3) is 0 Å². The Morgan fingerprint density at radius 1 is 1.32 bits per heavy atom. The zero-order chi connectivity index (χ0) is 13.7. The first-order chi connectivity index (χ1) is 9.22. The Hall–Kier alpha value is -0.910. The number of benzene rings is 1. The lowest BCUT2D eigenvalue weighted by Crippen LogP contribution is -2.40. The molecule has 2 N–H and O–H groups in total. The first-order valence-corrected chi connectivity index (χ1v) is 7.40. The first kappa shape index (κ1) is 14.5. The molecule has 1 saturated heterocycles. The molecule has 1 aliphatic heterocycles. The molecule has 1 amide bonds. The number of carbonyl (C=O) groups excluding carboxylic acids is 1. The van der Waals surface area contributed by atoms with Crippen molar-refractivity contribution in [1.82, 2.24) is 10.2 Å². The third-order valence-electron chi connectivity index (χ3n) is 3.35. The van der Waals surface area contributed by atoms with Gasteiger partial charge < -0.3 is 10.4 Å². The number of halogens is 1. The summed E-state index contributed by atoms with van der Waals surface area (Å²) < 4.78 is 1.01. The van der Waals surface area contributed by atoms with Crippen LogP contribution in [0.5, 0.6) is 0 Å². The molecule has 0 aliphatic carbocycles. The number of nitrogens with one attached hydrogen (secondary N) is 1. The second kappa shape index (κ2) is 7.03. The number of hydrogen-bond acceptors (Lipinski definition) is 3. The van der Waals surface area contributed by atoms with Gasteiger partial charge in [0.15, 0.2) is 0 Å². The Bertz CT molecular complexity index is 416. The van der Waals surface area contributed by atoms with Gasteiger partial charge in [-0.15, -0.1) is 0 Å². The highest BCUT2D eigenvalue weighted by molar-refractivity contribution is 9.10. The molecule has 0 spiro atoms. The van der Waals surface area contributed by atoms with Crippen LogP contribution in [0.2, 0.25) is 0 Å². The first-order valence-electron chi connectivity index (χ1n) is 6.60. The Morgan fingerprint density at radius 3 is 2.53 bits per heavy atom. The lowest BCUT2D eigenvalue weighted by molar-refractivity contribution is -0.126. The number of likely N-dealkylation sites (tertiary alicyclic amines) is 1. The largest absolute Gasteiger partial charge is 0.395 e. The summed E-state index contributed by atoms with van der Waals surface area (Å²) in [6.45, 7) is 2.18. The second-order valence-electron chi connectivity index (χ2n) is 4.71. The van der Waals surface area contributed by atoms with Gasteiger partial charge in [0.1, 0.15) is 6.04 Å². The van der Waals surface area contributed by atoms with Crippen molar-refractivity contribution >= 4 is 21.8 Å². The van der Waals surface area contributed by atoms with Crippen molar-refractivity contribution in [3.63, 3.8) is 0 Å². The summed E-state index contributed by atoms with van der Waals surface area (Å²) in [5.74, 6) is -0.0294. The lowest BCUT2D eigenvalue weighted by atomic mass is 10.0. The van der Waals surface area contributed by atoms with E-state index in [1.54, 1.807) is 0 Å². The van der Waals surface area contributed by atoms with E-state index < -0.39 is 0 Å². The highest BCUT2D eigenvalue weighted by atomic mass is 79.9. The summed E-state index contributed by atoms with van der Waals surface area (Å²) >= 11 is 3.41. The van der Waals surface area contributed by atoms with Crippen LogP contribution in [-0.4, -0.2) is 42.2 Å². The quantitative estimate of drug-likeness (QED) is 0.865. The zero-order valence-electron chi connectivity index (χ0n) is 10.8. The fraction of sp³-hybridized carbons (Fsp3) is 0.500. The Balaban J connectivity index is 2.17. The molecule has 1 unspecified atom stereocenters. The van der Waals surface area contributed by atoms with E-state index in [1.165, 1.54) is 0 Å². The Kier molecular flexibility index (Phi) is 5.36. The highest BCUT2D eigenvalue weighted by Crippen LogP contribution is 2.26. The molecule has 2 rings (SSSR count). The van der Waals surface area contributed by atoms with Gasteiger partial charge in [0.25, 0.3) is 0 Å². The van der Waals surface area contributed by atoms with E-state index in [0.717, 1.165) is 36.0 Å². The SMILES string of the molecule is O=C(NCCO)C(c1ccc(Br)cc1)N1CCCC1. The molecule has 5 heteroatoms. The van der Waals surface area contributed by atoms with E-state index >= 15 is 0 Å². The fourth-order valence-corrected chi connectivity index (χ4v) is 2.71. The highest BCUT2D eigenvalue weighted by Gasteiger charge is 2.29. The summed E-state index contributed by atoms with van der Waals surface area (Å²) in [5, 5.41) is 11.6. The summed E-state index contributed by atoms with van der Waals surface area (Å²) in [4.78, 5) is 14.5. The van der Waals surface area contributed by atoms with Crippen LogP contribution >= 0.6 is 15.9 Å². The van der Waals surface area contributed by atoms with Crippen molar-refractivity contribution in [2.75, 3.05) is 26.2 Å². The second-order valence-corrected chi connectivity index (χ2v) is 5.63. The summed E-state index contributed by atoms with van der Waals surface area (Å²) in [6, 6.07) is 7.62. The number of amides is 1. The average molecular weight is 327 g/mol. The number of aliphatic hydroxyl groups excluding tert-OH is 1. The van der Waals surface area contributed by atoms with E-state index in [4.69, 9.17) is 5.11 Å². The zero-order valence-corrected chi connectivity index (χ0v) is 12.4. The molecule has 1 aromatic carbocycles. The molecule has 0 saturated carbocycles. The summed E-state index contributed by atoms with van der Waals surface area (Å²) in [5.41, 5.74) is 1.00. The van der Waals surface area contributed by atoms with Gasteiger partial charge in [0.2, 0.25) is 5.91 Å². The van der Waals surface area contributed by atoms with Crippen molar-refractivity contribution in [2.24, 2.45) is 0 Å². The van der Waals surface area contributed by atoms with E-state index in [2.05, 4.69) is 26.1 Å². The van der Waals surface area contributed by atoms with E-state index in [1.807, 2.05) is 24.3 Å². The van der Waals surface area contributed by atoms with Crippen LogP contribution in [0.15, 0.2) is 28.7 Å². The minimum atomic E-state index is -0.248. The number of rotatable bonds is 5. The third-order valence-corrected chi connectivity index (χ3v) is 3.88. The molecule has 1 heterocycles. The molecule has 1 aromatic rings. The van der Waals surface area contributed by atoms with Crippen molar-refractivity contribution < 1.29 is 9.90 Å².